The molecule has 1 atom stereocenters. The molecule has 1 rings (SSSR count). The van der Waals surface area contributed by atoms with Gasteiger partial charge in [0.15, 0.2) is 5.16 Å². The summed E-state index contributed by atoms with van der Waals surface area (Å²) in [5.74, 6) is 0.574. The summed E-state index contributed by atoms with van der Waals surface area (Å²) in [5, 5.41) is 11.5. The van der Waals surface area contributed by atoms with Gasteiger partial charge in [0, 0.05) is 7.05 Å². The van der Waals surface area contributed by atoms with Crippen LogP contribution in [0.5, 0.6) is 0 Å². The molecule has 1 aromatic heterocycles. The standard InChI is InChI=1S/C9H16N4O2S/c1-6(8(14)15-4)16-9-12-11-7(5-10-2)13(9)3/h6,10H,5H2,1-4H3. The molecule has 0 saturated carbocycles. The minimum Gasteiger partial charge on any atom is -0.468 e. The summed E-state index contributed by atoms with van der Waals surface area (Å²) in [6.45, 7) is 2.43. The topological polar surface area (TPSA) is 69.0 Å². The van der Waals surface area contributed by atoms with Gasteiger partial charge in [-0.1, -0.05) is 11.8 Å². The van der Waals surface area contributed by atoms with Gasteiger partial charge in [0.05, 0.1) is 13.7 Å². The van der Waals surface area contributed by atoms with Crippen LogP contribution in [0, 0.1) is 0 Å². The lowest BCUT2D eigenvalue weighted by atomic mass is 10.5. The molecule has 1 heterocycles. The fourth-order valence-corrected chi connectivity index (χ4v) is 1.99. The van der Waals surface area contributed by atoms with E-state index in [0.29, 0.717) is 11.7 Å². The molecule has 1 unspecified atom stereocenters. The zero-order valence-electron chi connectivity index (χ0n) is 9.85. The van der Waals surface area contributed by atoms with E-state index in [4.69, 9.17) is 0 Å². The van der Waals surface area contributed by atoms with Crippen molar-refractivity contribution in [2.45, 2.75) is 23.9 Å². The van der Waals surface area contributed by atoms with Gasteiger partial charge < -0.3 is 14.6 Å². The van der Waals surface area contributed by atoms with Crippen LogP contribution in [-0.4, -0.2) is 40.1 Å². The summed E-state index contributed by atoms with van der Waals surface area (Å²) in [6.07, 6.45) is 0. The maximum Gasteiger partial charge on any atom is 0.318 e. The highest BCUT2D eigenvalue weighted by Crippen LogP contribution is 2.21. The second-order valence-electron chi connectivity index (χ2n) is 3.27. The Morgan fingerprint density at radius 1 is 1.62 bits per heavy atom. The van der Waals surface area contributed by atoms with Gasteiger partial charge in [0.25, 0.3) is 0 Å². The van der Waals surface area contributed by atoms with Crippen LogP contribution in [0.25, 0.3) is 0 Å². The van der Waals surface area contributed by atoms with Crippen LogP contribution in [0.3, 0.4) is 0 Å². The highest BCUT2D eigenvalue weighted by Gasteiger charge is 2.18. The first-order valence-electron chi connectivity index (χ1n) is 4.87. The summed E-state index contributed by atoms with van der Waals surface area (Å²) in [4.78, 5) is 11.2. The average Bonchev–Trinajstić information content (AvgIpc) is 2.61. The number of rotatable bonds is 5. The fourth-order valence-electron chi connectivity index (χ4n) is 1.13. The number of hydrogen-bond donors (Lipinski definition) is 1. The molecule has 0 aliphatic heterocycles. The molecule has 0 aliphatic carbocycles. The molecular weight excluding hydrogens is 228 g/mol. The summed E-state index contributed by atoms with van der Waals surface area (Å²) in [5.41, 5.74) is 0. The van der Waals surface area contributed by atoms with Crippen molar-refractivity contribution in [3.05, 3.63) is 5.82 Å². The number of nitrogens with one attached hydrogen (secondary N) is 1. The third kappa shape index (κ3) is 2.96. The number of methoxy groups -OCH3 is 1. The summed E-state index contributed by atoms with van der Waals surface area (Å²) in [7, 11) is 5.10. The fraction of sp³-hybridized carbons (Fsp3) is 0.667. The Morgan fingerprint density at radius 2 is 2.31 bits per heavy atom. The second kappa shape index (κ2) is 5.86. The Bertz CT molecular complexity index is 366. The van der Waals surface area contributed by atoms with Crippen molar-refractivity contribution in [2.24, 2.45) is 7.05 Å². The van der Waals surface area contributed by atoms with E-state index in [-0.39, 0.29) is 11.2 Å². The average molecular weight is 244 g/mol. The minimum absolute atomic E-state index is 0.261. The van der Waals surface area contributed by atoms with Gasteiger partial charge >= 0.3 is 5.97 Å². The largest absolute Gasteiger partial charge is 0.468 e. The van der Waals surface area contributed by atoms with E-state index < -0.39 is 0 Å². The number of carbonyl (C=O) groups is 1. The van der Waals surface area contributed by atoms with Gasteiger partial charge in [0.1, 0.15) is 11.1 Å². The molecule has 0 radical (unpaired) electrons. The first-order valence-corrected chi connectivity index (χ1v) is 5.75. The van der Waals surface area contributed by atoms with Crippen LogP contribution in [0.15, 0.2) is 5.16 Å². The summed E-state index contributed by atoms with van der Waals surface area (Å²) < 4.78 is 6.51. The van der Waals surface area contributed by atoms with Crippen molar-refractivity contribution in [1.29, 1.82) is 0 Å². The highest BCUT2D eigenvalue weighted by molar-refractivity contribution is 8.00. The summed E-state index contributed by atoms with van der Waals surface area (Å²) in [6, 6.07) is 0. The molecule has 0 spiro atoms. The molecule has 0 fully saturated rings. The Hall–Kier alpha value is -1.08. The SMILES string of the molecule is CNCc1nnc(SC(C)C(=O)OC)n1C. The van der Waals surface area contributed by atoms with Gasteiger partial charge in [-0.25, -0.2) is 0 Å². The Balaban J connectivity index is 2.70. The lowest BCUT2D eigenvalue weighted by Crippen LogP contribution is -2.16. The van der Waals surface area contributed by atoms with Gasteiger partial charge in [-0.05, 0) is 14.0 Å². The van der Waals surface area contributed by atoms with E-state index in [0.717, 1.165) is 5.82 Å². The normalized spacial score (nSPS) is 12.5. The first kappa shape index (κ1) is 13.0. The lowest BCUT2D eigenvalue weighted by Gasteiger charge is -2.08. The lowest BCUT2D eigenvalue weighted by molar-refractivity contribution is -0.139. The smallest absolute Gasteiger partial charge is 0.318 e. The molecule has 1 N–H and O–H groups in total. The highest BCUT2D eigenvalue weighted by atomic mass is 32.2. The first-order chi connectivity index (χ1) is 7.60. The van der Waals surface area contributed by atoms with E-state index in [1.807, 2.05) is 18.7 Å². The van der Waals surface area contributed by atoms with Crippen molar-refractivity contribution in [2.75, 3.05) is 14.2 Å². The zero-order chi connectivity index (χ0) is 12.1. The Morgan fingerprint density at radius 3 is 2.88 bits per heavy atom. The minimum atomic E-state index is -0.282. The van der Waals surface area contributed by atoms with E-state index in [1.165, 1.54) is 18.9 Å². The van der Waals surface area contributed by atoms with Crippen molar-refractivity contribution in [3.8, 4) is 0 Å². The van der Waals surface area contributed by atoms with Crippen molar-refractivity contribution < 1.29 is 9.53 Å². The molecule has 0 aliphatic rings. The van der Waals surface area contributed by atoms with E-state index in [1.54, 1.807) is 6.92 Å². The number of esters is 1. The van der Waals surface area contributed by atoms with Gasteiger partial charge in [0.2, 0.25) is 0 Å². The Labute approximate surface area is 98.8 Å². The number of nitrogens with zero attached hydrogens (tertiary/aromatic N) is 3. The second-order valence-corrected chi connectivity index (χ2v) is 4.58. The van der Waals surface area contributed by atoms with Crippen molar-refractivity contribution >= 4 is 17.7 Å². The monoisotopic (exact) mass is 244 g/mol. The summed E-state index contributed by atoms with van der Waals surface area (Å²) >= 11 is 1.34. The molecule has 1 aromatic rings. The van der Waals surface area contributed by atoms with Gasteiger partial charge in [-0.3, -0.25) is 4.79 Å². The molecular formula is C9H16N4O2S. The van der Waals surface area contributed by atoms with Gasteiger partial charge in [-0.2, -0.15) is 0 Å². The van der Waals surface area contributed by atoms with Crippen molar-refractivity contribution in [3.63, 3.8) is 0 Å². The van der Waals surface area contributed by atoms with Crippen LogP contribution < -0.4 is 5.32 Å². The van der Waals surface area contributed by atoms with E-state index in [2.05, 4.69) is 20.3 Å². The van der Waals surface area contributed by atoms with Crippen LogP contribution in [0.4, 0.5) is 0 Å². The zero-order valence-corrected chi connectivity index (χ0v) is 10.7. The maximum atomic E-state index is 11.2. The number of thioether (sulfide) groups is 1. The predicted octanol–water partition coefficient (Wildman–Crippen LogP) is 0.188. The molecule has 7 heteroatoms. The number of hydrogen-bond acceptors (Lipinski definition) is 6. The third-order valence-corrected chi connectivity index (χ3v) is 3.19. The molecule has 0 amide bonds. The van der Waals surface area contributed by atoms with Crippen LogP contribution >= 0.6 is 11.8 Å². The molecule has 90 valence electrons. The van der Waals surface area contributed by atoms with E-state index in [9.17, 15) is 4.79 Å². The number of ether oxygens (including phenoxy) is 1. The number of aromatic nitrogens is 3. The molecule has 0 saturated heterocycles. The van der Waals surface area contributed by atoms with Crippen LogP contribution in [0.1, 0.15) is 12.7 Å². The Kier molecular flexibility index (Phi) is 4.75. The molecule has 16 heavy (non-hydrogen) atoms. The van der Waals surface area contributed by atoms with Crippen molar-refractivity contribution in [1.82, 2.24) is 20.1 Å². The van der Waals surface area contributed by atoms with E-state index >= 15 is 0 Å². The van der Waals surface area contributed by atoms with Gasteiger partial charge in [-0.15, -0.1) is 10.2 Å². The maximum absolute atomic E-state index is 11.2. The molecule has 0 aromatic carbocycles. The van der Waals surface area contributed by atoms with Crippen LogP contribution in [0.2, 0.25) is 0 Å². The quantitative estimate of drug-likeness (QED) is 0.589. The van der Waals surface area contributed by atoms with Crippen LogP contribution in [-0.2, 0) is 23.1 Å². The molecule has 0 bridgehead atoms. The molecule has 6 nitrogen and oxygen atoms in total. The third-order valence-electron chi connectivity index (χ3n) is 2.08. The number of carbonyl (C=O) groups excluding carboxylic acids is 1. The predicted molar refractivity (Wildman–Crippen MR) is 61.1 cm³/mol.